The normalized spacial score (nSPS) is 20.5. The number of hydrogen-bond acceptors (Lipinski definition) is 1. The summed E-state index contributed by atoms with van der Waals surface area (Å²) in [6.07, 6.45) is 0.849. The van der Waals surface area contributed by atoms with Gasteiger partial charge in [0.25, 0.3) is 0 Å². The summed E-state index contributed by atoms with van der Waals surface area (Å²) in [7, 11) is 1.80. The standard InChI is InChI=1S/C17H16FNO/c1-19(14-5-3-2-4-6-14)17(20)16-11-15(16)12-7-9-13(18)10-8-12/h2-10,15-16H,11H2,1H3. The van der Waals surface area contributed by atoms with Gasteiger partial charge in [0.2, 0.25) is 5.91 Å². The molecule has 2 nitrogen and oxygen atoms in total. The Kier molecular flexibility index (Phi) is 3.26. The lowest BCUT2D eigenvalue weighted by Gasteiger charge is -2.17. The quantitative estimate of drug-likeness (QED) is 0.833. The molecular weight excluding hydrogens is 253 g/mol. The topological polar surface area (TPSA) is 20.3 Å². The highest BCUT2D eigenvalue weighted by Gasteiger charge is 2.45. The van der Waals surface area contributed by atoms with E-state index in [1.54, 1.807) is 24.1 Å². The van der Waals surface area contributed by atoms with Gasteiger partial charge in [-0.3, -0.25) is 4.79 Å². The molecule has 1 amide bonds. The first kappa shape index (κ1) is 12.9. The van der Waals surface area contributed by atoms with Gasteiger partial charge >= 0.3 is 0 Å². The van der Waals surface area contributed by atoms with Crippen LogP contribution in [-0.2, 0) is 4.79 Å². The summed E-state index contributed by atoms with van der Waals surface area (Å²) in [5.41, 5.74) is 1.95. The molecule has 1 aliphatic carbocycles. The van der Waals surface area contributed by atoms with Crippen LogP contribution in [0.5, 0.6) is 0 Å². The van der Waals surface area contributed by atoms with Crippen LogP contribution in [0.1, 0.15) is 17.9 Å². The molecule has 2 unspecified atom stereocenters. The SMILES string of the molecule is CN(C(=O)C1CC1c1ccc(F)cc1)c1ccccc1. The summed E-state index contributed by atoms with van der Waals surface area (Å²) in [5, 5.41) is 0. The monoisotopic (exact) mass is 269 g/mol. The predicted octanol–water partition coefficient (Wildman–Crippen LogP) is 3.59. The van der Waals surface area contributed by atoms with Crippen molar-refractivity contribution in [3.8, 4) is 0 Å². The molecule has 0 saturated heterocycles. The van der Waals surface area contributed by atoms with Crippen molar-refractivity contribution in [2.75, 3.05) is 11.9 Å². The minimum atomic E-state index is -0.237. The van der Waals surface area contributed by atoms with Crippen molar-refractivity contribution in [3.05, 3.63) is 66.0 Å². The molecule has 2 aromatic rings. The van der Waals surface area contributed by atoms with Crippen molar-refractivity contribution in [1.82, 2.24) is 0 Å². The maximum absolute atomic E-state index is 12.9. The van der Waals surface area contributed by atoms with Crippen LogP contribution in [-0.4, -0.2) is 13.0 Å². The van der Waals surface area contributed by atoms with Crippen LogP contribution >= 0.6 is 0 Å². The molecule has 3 rings (SSSR count). The van der Waals surface area contributed by atoms with Crippen molar-refractivity contribution in [2.45, 2.75) is 12.3 Å². The van der Waals surface area contributed by atoms with Gasteiger partial charge in [0, 0.05) is 18.7 Å². The van der Waals surface area contributed by atoms with Gasteiger partial charge < -0.3 is 4.90 Å². The number of anilines is 1. The highest BCUT2D eigenvalue weighted by Crippen LogP contribution is 2.48. The summed E-state index contributed by atoms with van der Waals surface area (Å²) >= 11 is 0. The van der Waals surface area contributed by atoms with E-state index in [2.05, 4.69) is 0 Å². The van der Waals surface area contributed by atoms with Crippen LogP contribution in [0.3, 0.4) is 0 Å². The van der Waals surface area contributed by atoms with Crippen molar-refractivity contribution >= 4 is 11.6 Å². The number of halogens is 1. The minimum absolute atomic E-state index is 0.0191. The van der Waals surface area contributed by atoms with Crippen molar-refractivity contribution in [2.24, 2.45) is 5.92 Å². The van der Waals surface area contributed by atoms with Gasteiger partial charge in [-0.1, -0.05) is 30.3 Å². The molecule has 0 bridgehead atoms. The van der Waals surface area contributed by atoms with E-state index in [0.717, 1.165) is 17.7 Å². The highest BCUT2D eigenvalue weighted by atomic mass is 19.1. The summed E-state index contributed by atoms with van der Waals surface area (Å²) < 4.78 is 12.9. The Balaban J connectivity index is 1.70. The lowest BCUT2D eigenvalue weighted by molar-refractivity contribution is -0.119. The number of carbonyl (C=O) groups is 1. The number of benzene rings is 2. The predicted molar refractivity (Wildman–Crippen MR) is 77.1 cm³/mol. The third-order valence-electron chi connectivity index (χ3n) is 3.88. The number of nitrogens with zero attached hydrogens (tertiary/aromatic N) is 1. The summed E-state index contributed by atoms with van der Waals surface area (Å²) in [6, 6.07) is 16.1. The maximum Gasteiger partial charge on any atom is 0.230 e. The second-order valence-electron chi connectivity index (χ2n) is 5.23. The molecule has 102 valence electrons. The molecule has 20 heavy (non-hydrogen) atoms. The molecule has 0 aromatic heterocycles. The molecule has 1 aliphatic rings. The molecule has 0 N–H and O–H groups in total. The zero-order valence-electron chi connectivity index (χ0n) is 11.3. The molecule has 1 saturated carbocycles. The Morgan fingerprint density at radius 3 is 2.40 bits per heavy atom. The molecule has 1 fully saturated rings. The average molecular weight is 269 g/mol. The van der Waals surface area contributed by atoms with Crippen LogP contribution in [0.2, 0.25) is 0 Å². The number of amides is 1. The van der Waals surface area contributed by atoms with Crippen LogP contribution < -0.4 is 4.90 Å². The van der Waals surface area contributed by atoms with Crippen molar-refractivity contribution in [1.29, 1.82) is 0 Å². The van der Waals surface area contributed by atoms with Gasteiger partial charge in [0.05, 0.1) is 0 Å². The minimum Gasteiger partial charge on any atom is -0.315 e. The number of carbonyl (C=O) groups excluding carboxylic acids is 1. The lowest BCUT2D eigenvalue weighted by Crippen LogP contribution is -2.28. The Bertz CT molecular complexity index is 609. The van der Waals surface area contributed by atoms with Crippen LogP contribution in [0.15, 0.2) is 54.6 Å². The highest BCUT2D eigenvalue weighted by molar-refractivity contribution is 5.97. The third kappa shape index (κ3) is 2.44. The molecular formula is C17H16FNO. The van der Waals surface area contributed by atoms with E-state index in [9.17, 15) is 9.18 Å². The van der Waals surface area contributed by atoms with Crippen LogP contribution in [0.25, 0.3) is 0 Å². The fourth-order valence-electron chi connectivity index (χ4n) is 2.57. The van der Waals surface area contributed by atoms with E-state index in [4.69, 9.17) is 0 Å². The van der Waals surface area contributed by atoms with Gasteiger partial charge in [-0.05, 0) is 42.2 Å². The van der Waals surface area contributed by atoms with E-state index in [1.807, 2.05) is 30.3 Å². The fourth-order valence-corrected chi connectivity index (χ4v) is 2.57. The molecule has 0 spiro atoms. The molecule has 2 atom stereocenters. The number of hydrogen-bond donors (Lipinski definition) is 0. The second kappa shape index (κ2) is 5.08. The van der Waals surface area contributed by atoms with Gasteiger partial charge in [-0.25, -0.2) is 4.39 Å². The van der Waals surface area contributed by atoms with E-state index in [0.29, 0.717) is 0 Å². The van der Waals surface area contributed by atoms with E-state index >= 15 is 0 Å². The molecule has 0 heterocycles. The first-order valence-corrected chi connectivity index (χ1v) is 6.75. The van der Waals surface area contributed by atoms with Crippen LogP contribution in [0.4, 0.5) is 10.1 Å². The van der Waals surface area contributed by atoms with Gasteiger partial charge in [0.15, 0.2) is 0 Å². The summed E-state index contributed by atoms with van der Waals surface area (Å²) in [4.78, 5) is 14.1. The first-order chi connectivity index (χ1) is 9.66. The Hall–Kier alpha value is -2.16. The van der Waals surface area contributed by atoms with E-state index < -0.39 is 0 Å². The number of para-hydroxylation sites is 1. The molecule has 0 aliphatic heterocycles. The van der Waals surface area contributed by atoms with Crippen LogP contribution in [0, 0.1) is 11.7 Å². The Labute approximate surface area is 117 Å². The lowest BCUT2D eigenvalue weighted by atomic mass is 10.1. The van der Waals surface area contributed by atoms with E-state index in [1.165, 1.54) is 12.1 Å². The smallest absolute Gasteiger partial charge is 0.230 e. The van der Waals surface area contributed by atoms with E-state index in [-0.39, 0.29) is 23.6 Å². The van der Waals surface area contributed by atoms with Gasteiger partial charge in [0.1, 0.15) is 5.82 Å². The third-order valence-corrected chi connectivity index (χ3v) is 3.88. The van der Waals surface area contributed by atoms with Gasteiger partial charge in [-0.15, -0.1) is 0 Å². The Morgan fingerprint density at radius 2 is 1.75 bits per heavy atom. The largest absolute Gasteiger partial charge is 0.315 e. The average Bonchev–Trinajstić information content (AvgIpc) is 3.28. The summed E-state index contributed by atoms with van der Waals surface area (Å²) in [5.74, 6) is 0.143. The van der Waals surface area contributed by atoms with Gasteiger partial charge in [-0.2, -0.15) is 0 Å². The van der Waals surface area contributed by atoms with Crippen molar-refractivity contribution in [3.63, 3.8) is 0 Å². The first-order valence-electron chi connectivity index (χ1n) is 6.75. The zero-order chi connectivity index (χ0) is 14.1. The fraction of sp³-hybridized carbons (Fsp3) is 0.235. The number of rotatable bonds is 3. The molecule has 2 aromatic carbocycles. The van der Waals surface area contributed by atoms with Crippen molar-refractivity contribution < 1.29 is 9.18 Å². The summed E-state index contributed by atoms with van der Waals surface area (Å²) in [6.45, 7) is 0. The Morgan fingerprint density at radius 1 is 1.10 bits per heavy atom. The molecule has 3 heteroatoms. The maximum atomic E-state index is 12.9. The molecule has 0 radical (unpaired) electrons. The zero-order valence-corrected chi connectivity index (χ0v) is 11.3. The second-order valence-corrected chi connectivity index (χ2v) is 5.23.